The molecule has 3 heterocycles. The molecule has 3 rings (SSSR count). The van der Waals surface area contributed by atoms with Crippen LogP contribution in [0.15, 0.2) is 12.7 Å². The summed E-state index contributed by atoms with van der Waals surface area (Å²) in [5.41, 5.74) is 11.7. The van der Waals surface area contributed by atoms with Gasteiger partial charge in [-0.15, -0.1) is 0 Å². The van der Waals surface area contributed by atoms with Crippen molar-refractivity contribution in [3.63, 3.8) is 0 Å². The summed E-state index contributed by atoms with van der Waals surface area (Å²) in [5, 5.41) is 28.7. The van der Waals surface area contributed by atoms with Gasteiger partial charge in [-0.25, -0.2) is 15.0 Å². The van der Waals surface area contributed by atoms with E-state index >= 15 is 0 Å². The zero-order valence-electron chi connectivity index (χ0n) is 14.5. The Balaban J connectivity index is 0.000000376. The van der Waals surface area contributed by atoms with Crippen molar-refractivity contribution in [2.75, 3.05) is 18.1 Å². The van der Waals surface area contributed by atoms with E-state index in [9.17, 15) is 15.0 Å². The maximum absolute atomic E-state index is 10.3. The minimum absolute atomic E-state index is 0. The van der Waals surface area contributed by atoms with Crippen LogP contribution in [-0.4, -0.2) is 109 Å². The van der Waals surface area contributed by atoms with Gasteiger partial charge >= 0.3 is 62.1 Å². The smallest absolute Gasteiger partial charge is 0.167 e. The molecule has 1 saturated heterocycles. The second-order valence-electron chi connectivity index (χ2n) is 5.75. The van der Waals surface area contributed by atoms with Crippen LogP contribution in [-0.2, 0) is 9.53 Å². The Labute approximate surface area is 184 Å². The fourth-order valence-corrected chi connectivity index (χ4v) is 2.95. The zero-order chi connectivity index (χ0) is 20.1. The van der Waals surface area contributed by atoms with Gasteiger partial charge in [0.15, 0.2) is 17.7 Å². The largest absolute Gasteiger partial charge is 0.394 e. The molecule has 1 unspecified atom stereocenters. The average molecular weight is 543 g/mol. The summed E-state index contributed by atoms with van der Waals surface area (Å²) in [6, 6.07) is -0.354. The number of nitrogens with two attached hydrogens (primary N) is 2. The minimum Gasteiger partial charge on any atom is -0.394 e. The Morgan fingerprint density at radius 1 is 1.36 bits per heavy atom. The van der Waals surface area contributed by atoms with Crippen molar-refractivity contribution in [2.24, 2.45) is 5.73 Å². The van der Waals surface area contributed by atoms with Crippen LogP contribution in [0.25, 0.3) is 11.2 Å². The van der Waals surface area contributed by atoms with E-state index in [1.165, 1.54) is 17.2 Å². The van der Waals surface area contributed by atoms with Gasteiger partial charge < -0.3 is 25.8 Å². The van der Waals surface area contributed by atoms with Crippen molar-refractivity contribution in [1.82, 2.24) is 19.5 Å². The number of anilines is 1. The van der Waals surface area contributed by atoms with Crippen molar-refractivity contribution in [3.8, 4) is 0 Å². The topological polar surface area (TPSA) is 183 Å². The van der Waals surface area contributed by atoms with Crippen molar-refractivity contribution in [2.45, 2.75) is 37.0 Å². The zero-order valence-corrected chi connectivity index (χ0v) is 18.8. The Morgan fingerprint density at radius 2 is 2.04 bits per heavy atom. The van der Waals surface area contributed by atoms with Gasteiger partial charge in [0, 0.05) is 17.1 Å². The van der Waals surface area contributed by atoms with Crippen LogP contribution in [0, 0.1) is 0 Å². The number of ether oxygens (including phenoxy) is 1. The van der Waals surface area contributed by atoms with Crippen LogP contribution in [0.1, 0.15) is 12.6 Å². The Bertz CT molecular complexity index is 784. The third-order valence-corrected chi connectivity index (χ3v) is 4.81. The van der Waals surface area contributed by atoms with E-state index in [2.05, 4.69) is 43.6 Å². The van der Waals surface area contributed by atoms with Crippen LogP contribution >= 0.6 is 12.6 Å². The van der Waals surface area contributed by atoms with Crippen molar-refractivity contribution < 1.29 is 24.9 Å². The van der Waals surface area contributed by atoms with E-state index in [1.807, 2.05) is 0 Å². The van der Waals surface area contributed by atoms with Gasteiger partial charge in [-0.3, -0.25) is 4.57 Å². The summed E-state index contributed by atoms with van der Waals surface area (Å²) in [7, 11) is 0. The third-order valence-electron chi connectivity index (χ3n) is 3.92. The Morgan fingerprint density at radius 3 is 2.54 bits per heavy atom. The first-order valence-corrected chi connectivity index (χ1v) is 9.43. The molecule has 2 aromatic rings. The predicted octanol–water partition coefficient (Wildman–Crippen LogP) is -3.03. The molecule has 28 heavy (non-hydrogen) atoms. The van der Waals surface area contributed by atoms with Gasteiger partial charge in [-0.1, -0.05) is 0 Å². The summed E-state index contributed by atoms with van der Waals surface area (Å²) >= 11 is 6.24. The number of hydrogen-bond acceptors (Lipinski definition) is 11. The molecular formula is C14H21N6O5SSe2. The van der Waals surface area contributed by atoms with Gasteiger partial charge in [-0.2, -0.15) is 0 Å². The fourth-order valence-electron chi connectivity index (χ4n) is 2.42. The summed E-state index contributed by atoms with van der Waals surface area (Å²) < 4.78 is 6.77. The summed E-state index contributed by atoms with van der Waals surface area (Å²) in [6.45, 7) is -0.390. The number of aliphatic hydroxyl groups excluding tert-OH is 3. The molecule has 11 nitrogen and oxygen atoms in total. The molecule has 155 valence electrons. The van der Waals surface area contributed by atoms with E-state index in [0.29, 0.717) is 23.3 Å². The number of thiol groups is 1. The van der Waals surface area contributed by atoms with Crippen LogP contribution in [0.3, 0.4) is 0 Å². The van der Waals surface area contributed by atoms with Gasteiger partial charge in [0.1, 0.15) is 30.2 Å². The summed E-state index contributed by atoms with van der Waals surface area (Å²) in [4.78, 5) is 22.2. The monoisotopic (exact) mass is 545 g/mol. The number of nitrogens with zero attached hydrogens (tertiary/aromatic N) is 4. The first-order chi connectivity index (χ1) is 12.8. The average Bonchev–Trinajstić information content (AvgIpc) is 3.18. The molecule has 0 saturated carbocycles. The first-order valence-electron chi connectivity index (χ1n) is 7.94. The van der Waals surface area contributed by atoms with Gasteiger partial charge in [0.2, 0.25) is 0 Å². The van der Waals surface area contributed by atoms with Crippen molar-refractivity contribution >= 4 is 67.4 Å². The maximum atomic E-state index is 10.3. The van der Waals surface area contributed by atoms with E-state index in [-0.39, 0.29) is 33.6 Å². The molecule has 0 aromatic carbocycles. The van der Waals surface area contributed by atoms with Crippen LogP contribution in [0.5, 0.6) is 0 Å². The molecule has 0 aliphatic carbocycles. The van der Waals surface area contributed by atoms with E-state index in [4.69, 9.17) is 21.3 Å². The molecule has 5 atom stereocenters. The van der Waals surface area contributed by atoms with Gasteiger partial charge in [0.05, 0.1) is 12.9 Å². The van der Waals surface area contributed by atoms with Crippen LogP contribution in [0.4, 0.5) is 5.82 Å². The number of imidazole rings is 1. The Kier molecular flexibility index (Phi) is 10.3. The molecular weight excluding hydrogens is 522 g/mol. The third kappa shape index (κ3) is 5.63. The maximum Gasteiger partial charge on any atom is 0.167 e. The van der Waals surface area contributed by atoms with E-state index in [1.54, 1.807) is 0 Å². The predicted molar refractivity (Wildman–Crippen MR) is 106 cm³/mol. The molecule has 7 N–H and O–H groups in total. The number of fused-ring (bicyclic) bond motifs is 1. The van der Waals surface area contributed by atoms with E-state index in [0.717, 1.165) is 0 Å². The number of carbonyl (C=O) groups excluding carboxylic acids is 1. The van der Waals surface area contributed by atoms with Crippen molar-refractivity contribution in [1.29, 1.82) is 0 Å². The SMILES string of the molecule is NC(CCS)C(=O)[Se].Nc1ncnc2c1ncn2[C@@H]1O[C@H](CO)[C@@H](O)[C@H]1O.[Se]. The van der Waals surface area contributed by atoms with Gasteiger partial charge in [0.25, 0.3) is 0 Å². The molecule has 3 radical (unpaired) electrons. The molecule has 14 heteroatoms. The summed E-state index contributed by atoms with van der Waals surface area (Å²) in [6.07, 6.45) is -0.775. The Hall–Kier alpha value is -0.791. The number of nitrogen functional groups attached to an aromatic ring is 1. The standard InChI is InChI=1S/C10H13N5O4.C4H8NOSSe.Se/c11-8-5-9(13-2-12-8)15(3-14-5)10-7(18)6(17)4(1-16)19-10;5-3(1-2-7)4(6)8;/h2-4,6-7,10,16-18H,1H2,(H2,11,12,13);3,7H,1-2,5H2;/t4-,6-,7-,10-;;/m1../s1. The molecule has 1 aliphatic heterocycles. The fraction of sp³-hybridized carbons (Fsp3) is 0.571. The number of rotatable bonds is 5. The number of aliphatic hydroxyl groups is 3. The van der Waals surface area contributed by atoms with Crippen LogP contribution in [0.2, 0.25) is 0 Å². The molecule has 1 aliphatic rings. The molecule has 0 spiro atoms. The quantitative estimate of drug-likeness (QED) is 0.168. The first kappa shape index (κ1) is 25.2. The molecule has 1 fully saturated rings. The normalized spacial score (nSPS) is 24.9. The number of carbonyl (C=O) groups is 1. The second-order valence-corrected chi connectivity index (χ2v) is 7.04. The van der Waals surface area contributed by atoms with Gasteiger partial charge in [-0.05, 0) is 0 Å². The number of hydrogen-bond donors (Lipinski definition) is 6. The molecule has 2 aromatic heterocycles. The minimum atomic E-state index is -1.19. The van der Waals surface area contributed by atoms with E-state index < -0.39 is 31.1 Å². The number of aromatic nitrogens is 4. The van der Waals surface area contributed by atoms with Crippen molar-refractivity contribution in [3.05, 3.63) is 12.7 Å². The van der Waals surface area contributed by atoms with Crippen LogP contribution < -0.4 is 11.5 Å². The molecule has 0 bridgehead atoms. The second kappa shape index (κ2) is 11.4. The molecule has 0 amide bonds. The summed E-state index contributed by atoms with van der Waals surface area (Å²) in [5.74, 6) is 0.879.